The number of nitrogens with two attached hydrogens (primary N) is 1. The van der Waals surface area contributed by atoms with Crippen molar-refractivity contribution in [3.63, 3.8) is 0 Å². The number of ketones is 1. The number of H-pyrrole nitrogens is 1. The molecule has 1 saturated heterocycles. The largest absolute Gasteiger partial charge is 0.477 e. The van der Waals surface area contributed by atoms with E-state index in [2.05, 4.69) is 108 Å². The number of nitrogens with zero attached hydrogens (tertiary/aromatic N) is 7. The Hall–Kier alpha value is -7.24. The predicted molar refractivity (Wildman–Crippen MR) is 325 cm³/mol. The molecule has 0 radical (unpaired) electrons. The van der Waals surface area contributed by atoms with E-state index in [0.29, 0.717) is 27.9 Å². The molecule has 7 N–H and O–H groups in total. The lowest BCUT2D eigenvalue weighted by Gasteiger charge is -2.19. The lowest BCUT2D eigenvalue weighted by Crippen LogP contribution is -2.27. The van der Waals surface area contributed by atoms with Crippen LogP contribution in [0.1, 0.15) is 72.6 Å². The number of aromatic carboxylic acids is 1. The minimum atomic E-state index is -0.864. The van der Waals surface area contributed by atoms with E-state index in [4.69, 9.17) is 31.9 Å². The lowest BCUT2D eigenvalue weighted by molar-refractivity contribution is 0.0522. The van der Waals surface area contributed by atoms with Crippen LogP contribution in [0, 0.1) is 6.92 Å². The van der Waals surface area contributed by atoms with Gasteiger partial charge in [-0.1, -0.05) is 69.1 Å². The van der Waals surface area contributed by atoms with E-state index >= 15 is 0 Å². The number of nitrogens with one attached hydrogen (secondary N) is 4. The summed E-state index contributed by atoms with van der Waals surface area (Å²) in [6, 6.07) is 32.8. The van der Waals surface area contributed by atoms with Gasteiger partial charge >= 0.3 is 12.1 Å². The van der Waals surface area contributed by atoms with Crippen LogP contribution in [0.5, 0.6) is 0 Å². The standard InChI is InChI=1S/C16H16ClN5O2.C15H14N4.C10H8BrNO.C9H5BrO2S.C4H9NO.C3H9N/c1-16(2,3)24-15(23)22-12-5-4-11(8-10(12)9-19-22)20-13-6-7-18-14(17)21-13;1-11-17-9-7-15(18-11)19-14-4-2-12(3-5-14)13-6-8-16-10-13;1-6(13)9-4-7-2-3-8(11)5-10(7)12-9;10-6-2-1-5-3-8(9(11)12)13-7(5)4-6;5-4-1-2-6-3-4;1-3-4-2/h4-9H,1-3H3,(H,18,20,21);2-7,9-10H,8H2,1H3,(H,17,18,19);2-5,12H,1H3;1-4H,(H,11,12);4H,1-3,5H2;4H,3H2,1-2H3. The van der Waals surface area contributed by atoms with Crippen LogP contribution in [-0.4, -0.2) is 109 Å². The van der Waals surface area contributed by atoms with Crippen LogP contribution in [0.25, 0.3) is 37.5 Å². The molecule has 18 nitrogen and oxygen atoms in total. The van der Waals surface area contributed by atoms with Gasteiger partial charge in [-0.25, -0.2) is 29.5 Å². The third-order valence-corrected chi connectivity index (χ3v) is 13.2. The topological polar surface area (TPSA) is 250 Å². The first-order chi connectivity index (χ1) is 37.8. The number of carboxylic acid groups (broad SMARTS) is 1. The van der Waals surface area contributed by atoms with E-state index < -0.39 is 17.7 Å². The fraction of sp³-hybridized carbons (Fsp3) is 0.246. The highest BCUT2D eigenvalue weighted by Gasteiger charge is 2.20. The second-order valence-corrected chi connectivity index (χ2v) is 21.6. The normalized spacial score (nSPS) is 13.2. The predicted octanol–water partition coefficient (Wildman–Crippen LogP) is 13.5. The minimum absolute atomic E-state index is 0.0623. The number of hydrogen-bond donors (Lipinski definition) is 6. The van der Waals surface area contributed by atoms with Crippen molar-refractivity contribution in [3.8, 4) is 0 Å². The van der Waals surface area contributed by atoms with Gasteiger partial charge in [-0.15, -0.1) is 11.3 Å². The summed E-state index contributed by atoms with van der Waals surface area (Å²) in [5.41, 5.74) is 11.3. The molecule has 2 aliphatic heterocycles. The molecule has 22 heteroatoms. The molecule has 1 fully saturated rings. The van der Waals surface area contributed by atoms with Gasteiger partial charge in [0.05, 0.1) is 30.6 Å². The van der Waals surface area contributed by atoms with Crippen molar-refractivity contribution in [2.45, 2.75) is 59.6 Å². The van der Waals surface area contributed by atoms with Gasteiger partial charge in [-0.2, -0.15) is 9.78 Å². The number of benzene rings is 4. The van der Waals surface area contributed by atoms with E-state index in [1.165, 1.54) is 27.2 Å². The van der Waals surface area contributed by atoms with Gasteiger partial charge in [-0.3, -0.25) is 9.79 Å². The number of aliphatic imine (C=N–C) groups is 1. The summed E-state index contributed by atoms with van der Waals surface area (Å²) in [6.07, 6.45) is 9.49. The number of fused-ring (bicyclic) bond motifs is 3. The van der Waals surface area contributed by atoms with Crippen LogP contribution in [0.2, 0.25) is 5.28 Å². The second-order valence-electron chi connectivity index (χ2n) is 18.4. The number of allylic oxidation sites excluding steroid dienone is 1. The Morgan fingerprint density at radius 1 is 0.886 bits per heavy atom. The molecule has 0 spiro atoms. The molecule has 4 aromatic carbocycles. The second kappa shape index (κ2) is 29.7. The van der Waals surface area contributed by atoms with Gasteiger partial charge in [0.2, 0.25) is 5.28 Å². The molecule has 5 aromatic heterocycles. The zero-order chi connectivity index (χ0) is 57.1. The molecule has 0 saturated carbocycles. The zero-order valence-electron chi connectivity index (χ0n) is 44.6. The lowest BCUT2D eigenvalue weighted by atomic mass is 10.1. The number of halogens is 3. The summed E-state index contributed by atoms with van der Waals surface area (Å²) in [7, 11) is 1.93. The van der Waals surface area contributed by atoms with Crippen molar-refractivity contribution in [2.24, 2.45) is 10.7 Å². The molecule has 2 aliphatic rings. The van der Waals surface area contributed by atoms with Crippen molar-refractivity contribution in [1.29, 1.82) is 0 Å². The number of carbonyl (C=O) groups is 3. The Labute approximate surface area is 483 Å². The summed E-state index contributed by atoms with van der Waals surface area (Å²) < 4.78 is 14.5. The Kier molecular flexibility index (Phi) is 22.9. The van der Waals surface area contributed by atoms with Crippen molar-refractivity contribution < 1.29 is 29.0 Å². The van der Waals surface area contributed by atoms with E-state index in [9.17, 15) is 14.4 Å². The maximum atomic E-state index is 12.2. The fourth-order valence-corrected chi connectivity index (χ4v) is 8.99. The van der Waals surface area contributed by atoms with E-state index in [1.54, 1.807) is 43.7 Å². The number of ether oxygens (including phenoxy) is 2. The van der Waals surface area contributed by atoms with Crippen molar-refractivity contribution in [2.75, 3.05) is 44.0 Å². The molecule has 11 rings (SSSR count). The quantitative estimate of drug-likeness (QED) is 0.0611. The van der Waals surface area contributed by atoms with Crippen LogP contribution < -0.4 is 21.7 Å². The summed E-state index contributed by atoms with van der Waals surface area (Å²) >= 11 is 13.8. The third kappa shape index (κ3) is 19.6. The van der Waals surface area contributed by atoms with Crippen molar-refractivity contribution >= 4 is 139 Å². The molecule has 1 unspecified atom stereocenters. The number of aromatic nitrogens is 7. The summed E-state index contributed by atoms with van der Waals surface area (Å²) in [5.74, 6) is 1.34. The van der Waals surface area contributed by atoms with Gasteiger partial charge in [0.1, 0.15) is 27.9 Å². The van der Waals surface area contributed by atoms with E-state index in [0.717, 1.165) is 91.1 Å². The number of carbonyl (C=O) groups excluding carboxylic acids is 2. The van der Waals surface area contributed by atoms with Crippen LogP contribution in [0.4, 0.5) is 27.8 Å². The van der Waals surface area contributed by atoms with Gasteiger partial charge in [0, 0.05) is 79.5 Å². The summed E-state index contributed by atoms with van der Waals surface area (Å²) in [6.45, 7) is 14.4. The molecule has 0 amide bonds. The molecule has 412 valence electrons. The Morgan fingerprint density at radius 2 is 1.56 bits per heavy atom. The molecular formula is C57H61Br2ClN12O6S. The number of rotatable bonds is 8. The highest BCUT2D eigenvalue weighted by Crippen LogP contribution is 2.29. The zero-order valence-corrected chi connectivity index (χ0v) is 49.3. The number of Topliss-reactive ketones (excluding diaryl/α,β-unsaturated/α-hetero) is 1. The summed E-state index contributed by atoms with van der Waals surface area (Å²) in [5, 5.41) is 25.2. The van der Waals surface area contributed by atoms with Crippen LogP contribution in [-0.2, 0) is 9.47 Å². The maximum absolute atomic E-state index is 12.2. The highest BCUT2D eigenvalue weighted by molar-refractivity contribution is 9.10. The van der Waals surface area contributed by atoms with Crippen LogP contribution in [0.15, 0.2) is 142 Å². The van der Waals surface area contributed by atoms with Gasteiger partial charge in [0.15, 0.2) is 5.78 Å². The summed E-state index contributed by atoms with van der Waals surface area (Å²) in [4.78, 5) is 57.8. The molecule has 0 aliphatic carbocycles. The molecule has 9 aromatic rings. The van der Waals surface area contributed by atoms with Gasteiger partial charge in [0.25, 0.3) is 0 Å². The van der Waals surface area contributed by atoms with E-state index in [1.807, 2.05) is 114 Å². The van der Waals surface area contributed by atoms with Gasteiger partial charge < -0.3 is 41.2 Å². The number of carboxylic acids is 1. The fourth-order valence-electron chi connectivity index (χ4n) is 7.03. The third-order valence-electron chi connectivity index (χ3n) is 10.9. The first kappa shape index (κ1) is 61.0. The highest BCUT2D eigenvalue weighted by atomic mass is 79.9. The molecular weight excluding hydrogens is 1180 g/mol. The monoisotopic (exact) mass is 1230 g/mol. The van der Waals surface area contributed by atoms with Crippen LogP contribution >= 0.6 is 54.8 Å². The van der Waals surface area contributed by atoms with Crippen LogP contribution in [0.3, 0.4) is 0 Å². The number of thiophene rings is 1. The Balaban J connectivity index is 0.000000164. The number of aryl methyl sites for hydroxylation is 1. The average Bonchev–Trinajstić information content (AvgIpc) is 4.31. The number of hydrogen-bond acceptors (Lipinski definition) is 16. The first-order valence-electron chi connectivity index (χ1n) is 24.8. The SMILES string of the molecule is CC(=O)c1cc2ccc(Br)cc2[nH]1.CC(C)(C)OC(=O)n1ncc2cc(Nc3ccnc(Cl)n3)ccc21.CCNC.Cc1nccc(Nc2ccc(C3=CCN=C3)cc2)n1.NC1CCOC1.O=C(O)c1cc2ccc(Br)cc2s1. The van der Waals surface area contributed by atoms with Crippen molar-refractivity contribution in [3.05, 3.63) is 164 Å². The maximum Gasteiger partial charge on any atom is 0.435 e. The van der Waals surface area contributed by atoms with Crippen molar-refractivity contribution in [1.82, 2.24) is 40.0 Å². The van der Waals surface area contributed by atoms with Gasteiger partial charge in [-0.05, 0) is 155 Å². The number of anilines is 4. The smallest absolute Gasteiger partial charge is 0.435 e. The molecule has 0 bridgehead atoms. The molecule has 7 heterocycles. The molecule has 79 heavy (non-hydrogen) atoms. The number of aromatic amines is 1. The Bertz CT molecular complexity index is 3460. The average molecular weight is 1240 g/mol. The first-order valence-corrected chi connectivity index (χ1v) is 27.6. The Morgan fingerprint density at radius 3 is 2.15 bits per heavy atom. The van der Waals surface area contributed by atoms with E-state index in [-0.39, 0.29) is 11.1 Å². The molecule has 1 atom stereocenters. The minimum Gasteiger partial charge on any atom is -0.477 e.